The van der Waals surface area contributed by atoms with E-state index >= 15 is 0 Å². The summed E-state index contributed by atoms with van der Waals surface area (Å²) in [6.45, 7) is 6.06. The summed E-state index contributed by atoms with van der Waals surface area (Å²) in [5, 5.41) is 10.4. The van der Waals surface area contributed by atoms with E-state index in [0.717, 1.165) is 44.6 Å². The number of pyridine rings is 1. The van der Waals surface area contributed by atoms with E-state index in [2.05, 4.69) is 17.1 Å². The second kappa shape index (κ2) is 7.28. The van der Waals surface area contributed by atoms with Crippen molar-refractivity contribution < 1.29 is 9.53 Å². The zero-order valence-corrected chi connectivity index (χ0v) is 17.1. The minimum atomic E-state index is 0.0910. The van der Waals surface area contributed by atoms with Gasteiger partial charge >= 0.3 is 0 Å². The number of rotatable bonds is 5. The normalized spacial score (nSPS) is 11.3. The Hall–Kier alpha value is -2.86. The highest BCUT2D eigenvalue weighted by Gasteiger charge is 2.15. The number of nitrogens with zero attached hydrogens (tertiary/aromatic N) is 3. The zero-order valence-electron chi connectivity index (χ0n) is 16.3. The van der Waals surface area contributed by atoms with Crippen LogP contribution in [0.15, 0.2) is 47.6 Å². The fraction of sp³-hybridized carbons (Fsp3) is 0.227. The molecule has 0 N–H and O–H groups in total. The van der Waals surface area contributed by atoms with Crippen LogP contribution in [-0.4, -0.2) is 33.2 Å². The zero-order chi connectivity index (χ0) is 19.8. The van der Waals surface area contributed by atoms with Crippen LogP contribution in [0.3, 0.4) is 0 Å². The van der Waals surface area contributed by atoms with Crippen molar-refractivity contribution in [1.29, 1.82) is 0 Å². The Bertz CT molecular complexity index is 1210. The number of hydrogen-bond donors (Lipinski definition) is 0. The van der Waals surface area contributed by atoms with Gasteiger partial charge in [0.05, 0.1) is 18.4 Å². The highest BCUT2D eigenvalue weighted by Crippen LogP contribution is 2.29. The molecule has 0 fully saturated rings. The number of methoxy groups -OCH3 is 1. The van der Waals surface area contributed by atoms with E-state index in [-0.39, 0.29) is 5.78 Å². The SMILES string of the molecule is COc1ccc2c(C)cc3nnc(SCC(=O)c4ccc(C)cc4C)n3c2c1. The molecular formula is C22H21N3O2S. The molecule has 0 aliphatic rings. The Morgan fingerprint density at radius 3 is 2.61 bits per heavy atom. The summed E-state index contributed by atoms with van der Waals surface area (Å²) in [6, 6.07) is 13.9. The molecule has 6 heteroatoms. The topological polar surface area (TPSA) is 56.5 Å². The first-order valence-corrected chi connectivity index (χ1v) is 10.0. The van der Waals surface area contributed by atoms with E-state index in [1.807, 2.05) is 60.7 Å². The van der Waals surface area contributed by atoms with Gasteiger partial charge in [-0.15, -0.1) is 10.2 Å². The largest absolute Gasteiger partial charge is 0.497 e. The lowest BCUT2D eigenvalue weighted by molar-refractivity contribution is 0.102. The van der Waals surface area contributed by atoms with Crippen LogP contribution in [0.5, 0.6) is 5.75 Å². The van der Waals surface area contributed by atoms with Crippen molar-refractivity contribution in [3.63, 3.8) is 0 Å². The lowest BCUT2D eigenvalue weighted by atomic mass is 10.0. The summed E-state index contributed by atoms with van der Waals surface area (Å²) >= 11 is 1.41. The van der Waals surface area contributed by atoms with Gasteiger partial charge in [0, 0.05) is 17.0 Å². The highest BCUT2D eigenvalue weighted by atomic mass is 32.2. The molecule has 0 radical (unpaired) electrons. The number of hydrogen-bond acceptors (Lipinski definition) is 5. The summed E-state index contributed by atoms with van der Waals surface area (Å²) < 4.78 is 7.38. The summed E-state index contributed by atoms with van der Waals surface area (Å²) in [7, 11) is 1.65. The Balaban J connectivity index is 1.71. The molecule has 142 valence electrons. The minimum absolute atomic E-state index is 0.0910. The smallest absolute Gasteiger partial charge is 0.196 e. The average molecular weight is 391 g/mol. The fourth-order valence-corrected chi connectivity index (χ4v) is 4.29. The number of aryl methyl sites for hydroxylation is 3. The molecule has 0 aliphatic carbocycles. The first kappa shape index (κ1) is 18.5. The van der Waals surface area contributed by atoms with Crippen molar-refractivity contribution in [3.05, 3.63) is 64.7 Å². The maximum absolute atomic E-state index is 12.7. The molecule has 2 heterocycles. The molecule has 2 aromatic heterocycles. The van der Waals surface area contributed by atoms with E-state index in [1.165, 1.54) is 11.8 Å². The van der Waals surface area contributed by atoms with Crippen LogP contribution in [0.1, 0.15) is 27.0 Å². The number of benzene rings is 2. The number of ether oxygens (including phenoxy) is 1. The molecule has 0 unspecified atom stereocenters. The Morgan fingerprint density at radius 1 is 1.04 bits per heavy atom. The molecule has 0 atom stereocenters. The predicted molar refractivity (Wildman–Crippen MR) is 113 cm³/mol. The van der Waals surface area contributed by atoms with Crippen molar-refractivity contribution in [1.82, 2.24) is 14.6 Å². The number of aromatic nitrogens is 3. The first-order chi connectivity index (χ1) is 13.5. The number of ketones is 1. The van der Waals surface area contributed by atoms with Crippen LogP contribution in [0.2, 0.25) is 0 Å². The summed E-state index contributed by atoms with van der Waals surface area (Å²) in [5.74, 6) is 1.17. The summed E-state index contributed by atoms with van der Waals surface area (Å²) in [5.41, 5.74) is 5.78. The lowest BCUT2D eigenvalue weighted by Crippen LogP contribution is -2.05. The number of carbonyl (C=O) groups excluding carboxylic acids is 1. The van der Waals surface area contributed by atoms with E-state index in [9.17, 15) is 4.79 Å². The van der Waals surface area contributed by atoms with Gasteiger partial charge < -0.3 is 4.74 Å². The molecule has 28 heavy (non-hydrogen) atoms. The van der Waals surface area contributed by atoms with Crippen molar-refractivity contribution in [2.45, 2.75) is 25.9 Å². The van der Waals surface area contributed by atoms with E-state index in [1.54, 1.807) is 7.11 Å². The molecule has 4 rings (SSSR count). The molecule has 0 aliphatic heterocycles. The quantitative estimate of drug-likeness (QED) is 0.362. The Labute approximate surface area is 167 Å². The molecule has 4 aromatic rings. The average Bonchev–Trinajstić information content (AvgIpc) is 3.08. The molecule has 2 aromatic carbocycles. The third-order valence-corrected chi connectivity index (χ3v) is 5.82. The first-order valence-electron chi connectivity index (χ1n) is 9.03. The van der Waals surface area contributed by atoms with E-state index < -0.39 is 0 Å². The van der Waals surface area contributed by atoms with Gasteiger partial charge in [-0.3, -0.25) is 9.20 Å². The van der Waals surface area contributed by atoms with Gasteiger partial charge in [0.2, 0.25) is 0 Å². The van der Waals surface area contributed by atoms with Gasteiger partial charge in [-0.25, -0.2) is 0 Å². The van der Waals surface area contributed by atoms with Crippen LogP contribution in [-0.2, 0) is 0 Å². The summed E-state index contributed by atoms with van der Waals surface area (Å²) in [6.07, 6.45) is 0. The highest BCUT2D eigenvalue weighted by molar-refractivity contribution is 7.99. The minimum Gasteiger partial charge on any atom is -0.497 e. The molecule has 5 nitrogen and oxygen atoms in total. The van der Waals surface area contributed by atoms with Crippen molar-refractivity contribution >= 4 is 34.1 Å². The standard InChI is InChI=1S/C22H21N3O2S/c1-13-5-7-18(14(2)9-13)20(26)12-28-22-24-23-21-10-15(3)17-8-6-16(27-4)11-19(17)25(21)22/h5-11H,12H2,1-4H3. The second-order valence-corrected chi connectivity index (χ2v) is 7.86. The van der Waals surface area contributed by atoms with Crippen LogP contribution in [0, 0.1) is 20.8 Å². The van der Waals surface area contributed by atoms with Crippen molar-refractivity contribution in [2.24, 2.45) is 0 Å². The van der Waals surface area contributed by atoms with Crippen molar-refractivity contribution in [3.8, 4) is 5.75 Å². The van der Waals surface area contributed by atoms with Crippen LogP contribution >= 0.6 is 11.8 Å². The van der Waals surface area contributed by atoms with E-state index in [4.69, 9.17) is 4.74 Å². The number of fused-ring (bicyclic) bond motifs is 3. The number of thioether (sulfide) groups is 1. The molecular weight excluding hydrogens is 370 g/mol. The van der Waals surface area contributed by atoms with Gasteiger partial charge in [-0.05, 0) is 50.1 Å². The van der Waals surface area contributed by atoms with Crippen molar-refractivity contribution in [2.75, 3.05) is 12.9 Å². The number of Topliss-reactive ketones (excluding diaryl/α,β-unsaturated/α-hetero) is 1. The van der Waals surface area contributed by atoms with Gasteiger partial charge in [-0.2, -0.15) is 0 Å². The maximum Gasteiger partial charge on any atom is 0.196 e. The Kier molecular flexibility index (Phi) is 4.81. The molecule has 0 saturated carbocycles. The van der Waals surface area contributed by atoms with Gasteiger partial charge in [-0.1, -0.05) is 35.5 Å². The molecule has 0 amide bonds. The molecule has 0 spiro atoms. The van der Waals surface area contributed by atoms with Crippen LogP contribution < -0.4 is 4.74 Å². The van der Waals surface area contributed by atoms with E-state index in [0.29, 0.717) is 10.9 Å². The van der Waals surface area contributed by atoms with Crippen LogP contribution in [0.4, 0.5) is 0 Å². The fourth-order valence-electron chi connectivity index (χ4n) is 3.46. The van der Waals surface area contributed by atoms with Gasteiger partial charge in [0.25, 0.3) is 0 Å². The summed E-state index contributed by atoms with van der Waals surface area (Å²) in [4.78, 5) is 12.7. The lowest BCUT2D eigenvalue weighted by Gasteiger charge is -2.09. The maximum atomic E-state index is 12.7. The molecule has 0 bridgehead atoms. The second-order valence-electron chi connectivity index (χ2n) is 6.92. The van der Waals surface area contributed by atoms with Crippen LogP contribution in [0.25, 0.3) is 16.6 Å². The predicted octanol–water partition coefficient (Wildman–Crippen LogP) is 4.79. The number of carbonyl (C=O) groups is 1. The van der Waals surface area contributed by atoms with Gasteiger partial charge in [0.15, 0.2) is 16.6 Å². The van der Waals surface area contributed by atoms with Gasteiger partial charge in [0.1, 0.15) is 5.75 Å². The molecule has 0 saturated heterocycles. The third-order valence-electron chi connectivity index (χ3n) is 4.89. The third kappa shape index (κ3) is 3.24. The monoisotopic (exact) mass is 391 g/mol. The Morgan fingerprint density at radius 2 is 1.86 bits per heavy atom.